The van der Waals surface area contributed by atoms with Gasteiger partial charge in [0.25, 0.3) is 0 Å². The summed E-state index contributed by atoms with van der Waals surface area (Å²) in [6.45, 7) is 5.78. The molecule has 0 atom stereocenters. The number of hydrogen-bond donors (Lipinski definition) is 0. The second kappa shape index (κ2) is 8.46. The number of rotatable bonds is 5. The van der Waals surface area contributed by atoms with Crippen molar-refractivity contribution in [3.8, 4) is 6.07 Å². The second-order valence-electron chi connectivity index (χ2n) is 7.12. The third-order valence-corrected chi connectivity index (χ3v) is 5.30. The van der Waals surface area contributed by atoms with Crippen LogP contribution in [0, 0.1) is 28.4 Å². The highest BCUT2D eigenvalue weighted by Gasteiger charge is 2.28. The number of non-ortho nitro benzene ring substituents is 1. The summed E-state index contributed by atoms with van der Waals surface area (Å²) in [5, 5.41) is 28.1. The predicted molar refractivity (Wildman–Crippen MR) is 113 cm³/mol. The van der Waals surface area contributed by atoms with Crippen LogP contribution >= 0.6 is 0 Å². The molecule has 2 aromatic heterocycles. The van der Waals surface area contributed by atoms with E-state index < -0.39 is 10.9 Å². The fourth-order valence-corrected chi connectivity index (χ4v) is 3.71. The van der Waals surface area contributed by atoms with Crippen LogP contribution in [0.5, 0.6) is 0 Å². The number of aryl methyl sites for hydroxylation is 1. The average Bonchev–Trinajstić information content (AvgIpc) is 3.28. The van der Waals surface area contributed by atoms with Crippen molar-refractivity contribution in [2.45, 2.75) is 13.8 Å². The normalized spacial score (nSPS) is 13.8. The van der Waals surface area contributed by atoms with Crippen LogP contribution in [-0.2, 0) is 4.74 Å². The SMILES string of the molecule is CCOC(=O)c1cc(C#N)c(C)nc1N1CCN(c2ccc([N+](=O)[O-])c3nonc23)CC1. The molecule has 4 rings (SSSR count). The quantitative estimate of drug-likeness (QED) is 0.328. The van der Waals surface area contributed by atoms with Gasteiger partial charge in [-0.05, 0) is 36.3 Å². The predicted octanol–water partition coefficient (Wildman–Crippen LogP) is 2.21. The van der Waals surface area contributed by atoms with Crippen molar-refractivity contribution in [1.29, 1.82) is 5.26 Å². The number of ether oxygens (including phenoxy) is 1. The Balaban J connectivity index is 1.61. The lowest BCUT2D eigenvalue weighted by molar-refractivity contribution is -0.383. The number of pyridine rings is 1. The molecule has 32 heavy (non-hydrogen) atoms. The smallest absolute Gasteiger partial charge is 0.341 e. The van der Waals surface area contributed by atoms with Crippen LogP contribution in [0.2, 0.25) is 0 Å². The first-order valence-corrected chi connectivity index (χ1v) is 9.93. The molecule has 12 heteroatoms. The summed E-state index contributed by atoms with van der Waals surface area (Å²) in [6, 6.07) is 6.59. The molecule has 0 unspecified atom stereocenters. The highest BCUT2D eigenvalue weighted by molar-refractivity contribution is 5.96. The lowest BCUT2D eigenvalue weighted by Gasteiger charge is -2.37. The number of benzene rings is 1. The molecular formula is C20H19N7O5. The maximum absolute atomic E-state index is 12.5. The van der Waals surface area contributed by atoms with Gasteiger partial charge in [0, 0.05) is 32.2 Å². The molecule has 0 radical (unpaired) electrons. The van der Waals surface area contributed by atoms with Crippen molar-refractivity contribution >= 4 is 34.2 Å². The van der Waals surface area contributed by atoms with Crippen molar-refractivity contribution in [1.82, 2.24) is 15.3 Å². The largest absolute Gasteiger partial charge is 0.462 e. The number of carbonyl (C=O) groups is 1. The van der Waals surface area contributed by atoms with E-state index >= 15 is 0 Å². The van der Waals surface area contributed by atoms with Crippen LogP contribution in [-0.4, -0.2) is 59.0 Å². The Morgan fingerprint density at radius 2 is 1.94 bits per heavy atom. The van der Waals surface area contributed by atoms with Gasteiger partial charge in [-0.15, -0.1) is 0 Å². The van der Waals surface area contributed by atoms with E-state index in [-0.39, 0.29) is 23.4 Å². The Morgan fingerprint density at radius 3 is 2.59 bits per heavy atom. The van der Waals surface area contributed by atoms with E-state index in [0.29, 0.717) is 54.5 Å². The van der Waals surface area contributed by atoms with Crippen molar-refractivity contribution in [3.05, 3.63) is 45.1 Å². The van der Waals surface area contributed by atoms with E-state index in [2.05, 4.69) is 21.4 Å². The number of nitrogens with zero attached hydrogens (tertiary/aromatic N) is 7. The van der Waals surface area contributed by atoms with Gasteiger partial charge in [0.2, 0.25) is 5.52 Å². The Hall–Kier alpha value is -4.27. The molecule has 0 bridgehead atoms. The number of fused-ring (bicyclic) bond motifs is 1. The lowest BCUT2D eigenvalue weighted by Crippen LogP contribution is -2.47. The molecule has 1 aromatic carbocycles. The van der Waals surface area contributed by atoms with Crippen LogP contribution < -0.4 is 9.80 Å². The number of nitriles is 1. The fourth-order valence-electron chi connectivity index (χ4n) is 3.71. The van der Waals surface area contributed by atoms with Gasteiger partial charge < -0.3 is 14.5 Å². The first-order valence-electron chi connectivity index (χ1n) is 9.93. The minimum absolute atomic E-state index is 0.101. The summed E-state index contributed by atoms with van der Waals surface area (Å²) in [5.41, 5.74) is 2.05. The molecule has 3 heterocycles. The maximum atomic E-state index is 12.5. The molecule has 164 valence electrons. The van der Waals surface area contributed by atoms with Gasteiger partial charge in [-0.2, -0.15) is 5.26 Å². The van der Waals surface area contributed by atoms with Gasteiger partial charge in [0.05, 0.1) is 28.5 Å². The Labute approximate surface area is 182 Å². The number of anilines is 2. The van der Waals surface area contributed by atoms with Gasteiger partial charge in [-0.3, -0.25) is 10.1 Å². The van der Waals surface area contributed by atoms with Crippen molar-refractivity contribution < 1.29 is 19.1 Å². The van der Waals surface area contributed by atoms with E-state index in [1.165, 1.54) is 12.1 Å². The molecule has 1 aliphatic heterocycles. The van der Waals surface area contributed by atoms with Crippen LogP contribution in [0.3, 0.4) is 0 Å². The number of nitro benzene ring substituents is 1. The summed E-state index contributed by atoms with van der Waals surface area (Å²) in [6.07, 6.45) is 0. The lowest BCUT2D eigenvalue weighted by atomic mass is 10.1. The number of nitro groups is 1. The molecule has 12 nitrogen and oxygen atoms in total. The summed E-state index contributed by atoms with van der Waals surface area (Å²) < 4.78 is 9.90. The number of hydrogen-bond acceptors (Lipinski definition) is 11. The molecule has 0 amide bonds. The van der Waals surface area contributed by atoms with Crippen molar-refractivity contribution in [2.75, 3.05) is 42.6 Å². The third-order valence-electron chi connectivity index (χ3n) is 5.30. The summed E-state index contributed by atoms with van der Waals surface area (Å²) in [7, 11) is 0. The van der Waals surface area contributed by atoms with Gasteiger partial charge in [-0.1, -0.05) is 0 Å². The first-order chi connectivity index (χ1) is 15.4. The molecule has 1 aliphatic rings. The number of carbonyl (C=O) groups excluding carboxylic acids is 1. The van der Waals surface area contributed by atoms with Crippen molar-refractivity contribution in [2.24, 2.45) is 0 Å². The summed E-state index contributed by atoms with van der Waals surface area (Å²) >= 11 is 0. The highest BCUT2D eigenvalue weighted by atomic mass is 16.6. The second-order valence-corrected chi connectivity index (χ2v) is 7.12. The van der Waals surface area contributed by atoms with E-state index in [1.54, 1.807) is 19.9 Å². The van der Waals surface area contributed by atoms with E-state index in [9.17, 15) is 20.2 Å². The monoisotopic (exact) mass is 437 g/mol. The first kappa shape index (κ1) is 21.0. The van der Waals surface area contributed by atoms with Gasteiger partial charge >= 0.3 is 11.7 Å². The van der Waals surface area contributed by atoms with E-state index in [1.807, 2.05) is 9.80 Å². The van der Waals surface area contributed by atoms with E-state index in [4.69, 9.17) is 9.37 Å². The van der Waals surface area contributed by atoms with Crippen molar-refractivity contribution in [3.63, 3.8) is 0 Å². The molecular weight excluding hydrogens is 418 g/mol. The fraction of sp³-hybridized carbons (Fsp3) is 0.350. The minimum atomic E-state index is -0.528. The van der Waals surface area contributed by atoms with Gasteiger partial charge in [0.1, 0.15) is 17.5 Å². The molecule has 0 aliphatic carbocycles. The number of piperazine rings is 1. The molecule has 1 saturated heterocycles. The minimum Gasteiger partial charge on any atom is -0.462 e. The molecule has 0 N–H and O–H groups in total. The van der Waals surface area contributed by atoms with Crippen LogP contribution in [0.1, 0.15) is 28.5 Å². The zero-order valence-corrected chi connectivity index (χ0v) is 17.4. The zero-order chi connectivity index (χ0) is 22.8. The van der Waals surface area contributed by atoms with E-state index in [0.717, 1.165) is 0 Å². The third kappa shape index (κ3) is 3.64. The Bertz CT molecular complexity index is 1240. The van der Waals surface area contributed by atoms with Crippen LogP contribution in [0.15, 0.2) is 22.8 Å². The maximum Gasteiger partial charge on any atom is 0.341 e. The highest BCUT2D eigenvalue weighted by Crippen LogP contribution is 2.32. The number of esters is 1. The Morgan fingerprint density at radius 1 is 1.25 bits per heavy atom. The van der Waals surface area contributed by atoms with Gasteiger partial charge in [0.15, 0.2) is 5.52 Å². The van der Waals surface area contributed by atoms with Gasteiger partial charge in [-0.25, -0.2) is 14.4 Å². The molecule has 1 fully saturated rings. The molecule has 3 aromatic rings. The van der Waals surface area contributed by atoms with Crippen LogP contribution in [0.4, 0.5) is 17.2 Å². The summed E-state index contributed by atoms with van der Waals surface area (Å²) in [5.74, 6) is -0.0590. The zero-order valence-electron chi connectivity index (χ0n) is 17.4. The standard InChI is InChI=1S/C20H19N7O5/c1-3-31-20(28)14-10-13(11-21)12(2)22-19(14)26-8-6-25(7-9-26)15-4-5-16(27(29)30)18-17(15)23-32-24-18/h4-5,10H,3,6-9H2,1-2H3. The summed E-state index contributed by atoms with van der Waals surface area (Å²) in [4.78, 5) is 31.7. The number of aromatic nitrogens is 3. The topological polar surface area (TPSA) is 152 Å². The molecule has 0 saturated carbocycles. The van der Waals surface area contributed by atoms with Crippen LogP contribution in [0.25, 0.3) is 11.0 Å². The Kier molecular flexibility index (Phi) is 5.55. The molecule has 0 spiro atoms. The average molecular weight is 437 g/mol.